The molecule has 0 unspecified atom stereocenters. The Hall–Kier alpha value is -3.95. The van der Waals surface area contributed by atoms with E-state index in [1.807, 2.05) is 0 Å². The van der Waals surface area contributed by atoms with E-state index >= 15 is 0 Å². The number of rotatable bonds is 7. The summed E-state index contributed by atoms with van der Waals surface area (Å²) in [6, 6.07) is 6.20. The number of nitrogens with zero attached hydrogens (tertiary/aromatic N) is 2. The molecular weight excluding hydrogens is 366 g/mol. The largest absolute Gasteiger partial charge is 0.466 e. The number of aromatic nitrogens is 2. The molecular formula is C18H17N5O5. The topological polar surface area (TPSA) is 153 Å². The van der Waals surface area contributed by atoms with Crippen molar-refractivity contribution in [2.45, 2.75) is 6.92 Å². The van der Waals surface area contributed by atoms with Crippen LogP contribution in [0.1, 0.15) is 23.0 Å². The second-order valence-electron chi connectivity index (χ2n) is 5.58. The van der Waals surface area contributed by atoms with Crippen LogP contribution in [0.4, 0.5) is 5.69 Å². The maximum absolute atomic E-state index is 12.4. The Morgan fingerprint density at radius 2 is 2.07 bits per heavy atom. The maximum Gasteiger partial charge on any atom is 0.344 e. The zero-order chi connectivity index (χ0) is 20.1. The van der Waals surface area contributed by atoms with Gasteiger partial charge in [-0.05, 0) is 25.1 Å². The fourth-order valence-corrected chi connectivity index (χ4v) is 2.26. The lowest BCUT2D eigenvalue weighted by Gasteiger charge is -2.06. The number of pyridine rings is 2. The Balaban J connectivity index is 1.65. The summed E-state index contributed by atoms with van der Waals surface area (Å²) in [5.74, 6) is -0.850. The SMILES string of the molecule is CCOC(=O)COc1ccc(NC(=O)c2cc3cc(C(=N)N)cnc3o2)cn1. The molecule has 0 radical (unpaired) electrons. The van der Waals surface area contributed by atoms with E-state index in [2.05, 4.69) is 15.3 Å². The summed E-state index contributed by atoms with van der Waals surface area (Å²) in [5.41, 5.74) is 6.53. The van der Waals surface area contributed by atoms with E-state index in [1.54, 1.807) is 19.1 Å². The van der Waals surface area contributed by atoms with Gasteiger partial charge in [0.1, 0.15) is 5.84 Å². The van der Waals surface area contributed by atoms with Gasteiger partial charge in [0.15, 0.2) is 12.4 Å². The number of amides is 1. The quantitative estimate of drug-likeness (QED) is 0.316. The number of nitrogens with one attached hydrogen (secondary N) is 2. The molecule has 3 aromatic heterocycles. The summed E-state index contributed by atoms with van der Waals surface area (Å²) in [6.07, 6.45) is 2.78. The van der Waals surface area contributed by atoms with Crippen molar-refractivity contribution in [3.63, 3.8) is 0 Å². The minimum Gasteiger partial charge on any atom is -0.466 e. The van der Waals surface area contributed by atoms with E-state index in [-0.39, 0.29) is 36.4 Å². The van der Waals surface area contributed by atoms with Crippen molar-refractivity contribution in [2.75, 3.05) is 18.5 Å². The van der Waals surface area contributed by atoms with Crippen molar-refractivity contribution >= 4 is 34.5 Å². The summed E-state index contributed by atoms with van der Waals surface area (Å²) in [7, 11) is 0. The highest BCUT2D eigenvalue weighted by Gasteiger charge is 2.14. The smallest absolute Gasteiger partial charge is 0.344 e. The Morgan fingerprint density at radius 1 is 1.25 bits per heavy atom. The fourth-order valence-electron chi connectivity index (χ4n) is 2.26. The molecule has 10 nitrogen and oxygen atoms in total. The number of hydrogen-bond acceptors (Lipinski definition) is 8. The van der Waals surface area contributed by atoms with Crippen LogP contribution in [0, 0.1) is 5.41 Å². The van der Waals surface area contributed by atoms with E-state index in [0.717, 1.165) is 0 Å². The van der Waals surface area contributed by atoms with Crippen LogP contribution in [0.15, 0.2) is 41.1 Å². The zero-order valence-electron chi connectivity index (χ0n) is 14.9. The van der Waals surface area contributed by atoms with E-state index < -0.39 is 11.9 Å². The van der Waals surface area contributed by atoms with Gasteiger partial charge in [0, 0.05) is 23.2 Å². The van der Waals surface area contributed by atoms with Crippen LogP contribution in [-0.2, 0) is 9.53 Å². The first-order chi connectivity index (χ1) is 13.5. The van der Waals surface area contributed by atoms with E-state index in [1.165, 1.54) is 24.5 Å². The van der Waals surface area contributed by atoms with Gasteiger partial charge in [-0.1, -0.05) is 0 Å². The third-order valence-corrected chi connectivity index (χ3v) is 3.54. The second kappa shape index (κ2) is 8.16. The standard InChI is InChI=1S/C18H17N5O5/c1-2-26-15(24)9-27-14-4-3-12(8-21-14)23-17(25)13-6-10-5-11(16(19)20)7-22-18(10)28-13/h3-8H,2,9H2,1H3,(H3,19,20)(H,23,25). The molecule has 0 saturated heterocycles. The number of nitrogen functional groups attached to an aromatic ring is 1. The van der Waals surface area contributed by atoms with Crippen LogP contribution in [-0.4, -0.2) is 40.9 Å². The molecule has 0 spiro atoms. The molecule has 144 valence electrons. The number of fused-ring (bicyclic) bond motifs is 1. The molecule has 0 aliphatic carbocycles. The Labute approximate surface area is 159 Å². The van der Waals surface area contributed by atoms with Crippen molar-refractivity contribution in [3.05, 3.63) is 48.0 Å². The Bertz CT molecular complexity index is 1030. The summed E-state index contributed by atoms with van der Waals surface area (Å²) < 4.78 is 15.4. The molecule has 0 atom stereocenters. The number of furan rings is 1. The number of hydrogen-bond donors (Lipinski definition) is 3. The highest BCUT2D eigenvalue weighted by molar-refractivity contribution is 6.05. The van der Waals surface area contributed by atoms with Gasteiger partial charge in [-0.3, -0.25) is 10.2 Å². The number of nitrogens with two attached hydrogens (primary N) is 1. The van der Waals surface area contributed by atoms with Crippen LogP contribution in [0.3, 0.4) is 0 Å². The third kappa shape index (κ3) is 4.41. The van der Waals surface area contributed by atoms with Crippen LogP contribution in [0.5, 0.6) is 5.88 Å². The maximum atomic E-state index is 12.4. The zero-order valence-corrected chi connectivity index (χ0v) is 14.9. The van der Waals surface area contributed by atoms with Crippen LogP contribution < -0.4 is 15.8 Å². The van der Waals surface area contributed by atoms with Gasteiger partial charge in [0.2, 0.25) is 11.6 Å². The minimum absolute atomic E-state index is 0.0471. The highest BCUT2D eigenvalue weighted by Crippen LogP contribution is 2.20. The first kappa shape index (κ1) is 18.8. The van der Waals surface area contributed by atoms with Crippen LogP contribution in [0.2, 0.25) is 0 Å². The van der Waals surface area contributed by atoms with Crippen LogP contribution >= 0.6 is 0 Å². The summed E-state index contributed by atoms with van der Waals surface area (Å²) in [6.45, 7) is 1.72. The molecule has 28 heavy (non-hydrogen) atoms. The normalized spacial score (nSPS) is 10.5. The van der Waals surface area contributed by atoms with Gasteiger partial charge in [-0.25, -0.2) is 14.8 Å². The first-order valence-corrected chi connectivity index (χ1v) is 8.26. The van der Waals surface area contributed by atoms with E-state index in [0.29, 0.717) is 16.6 Å². The van der Waals surface area contributed by atoms with Gasteiger partial charge in [-0.2, -0.15) is 0 Å². The Morgan fingerprint density at radius 3 is 2.75 bits per heavy atom. The van der Waals surface area contributed by atoms with Gasteiger partial charge in [0.05, 0.1) is 18.5 Å². The van der Waals surface area contributed by atoms with Crippen molar-refractivity contribution < 1.29 is 23.5 Å². The monoisotopic (exact) mass is 383 g/mol. The molecule has 0 aromatic carbocycles. The average Bonchev–Trinajstić information content (AvgIpc) is 3.11. The fraction of sp³-hybridized carbons (Fsp3) is 0.167. The van der Waals surface area contributed by atoms with Gasteiger partial charge in [-0.15, -0.1) is 0 Å². The predicted molar refractivity (Wildman–Crippen MR) is 99.3 cm³/mol. The van der Waals surface area contributed by atoms with Gasteiger partial charge < -0.3 is 24.9 Å². The summed E-state index contributed by atoms with van der Waals surface area (Å²) in [4.78, 5) is 31.7. The molecule has 1 amide bonds. The number of esters is 1. The van der Waals surface area contributed by atoms with E-state index in [9.17, 15) is 9.59 Å². The molecule has 3 rings (SSSR count). The lowest BCUT2D eigenvalue weighted by Crippen LogP contribution is -2.15. The molecule has 10 heteroatoms. The Kier molecular flexibility index (Phi) is 5.49. The van der Waals surface area contributed by atoms with Crippen molar-refractivity contribution in [2.24, 2.45) is 5.73 Å². The third-order valence-electron chi connectivity index (χ3n) is 3.54. The molecule has 3 aromatic rings. The van der Waals surface area contributed by atoms with Crippen molar-refractivity contribution in [1.29, 1.82) is 5.41 Å². The number of ether oxygens (including phenoxy) is 2. The van der Waals surface area contributed by atoms with Gasteiger partial charge in [0.25, 0.3) is 5.91 Å². The second-order valence-corrected chi connectivity index (χ2v) is 5.58. The molecule has 0 fully saturated rings. The first-order valence-electron chi connectivity index (χ1n) is 8.26. The average molecular weight is 383 g/mol. The number of anilines is 1. The van der Waals surface area contributed by atoms with Gasteiger partial charge >= 0.3 is 5.97 Å². The lowest BCUT2D eigenvalue weighted by molar-refractivity contribution is -0.145. The number of carbonyl (C=O) groups is 2. The summed E-state index contributed by atoms with van der Waals surface area (Å²) >= 11 is 0. The molecule has 0 aliphatic rings. The molecule has 0 bridgehead atoms. The minimum atomic E-state index is -0.496. The number of carbonyl (C=O) groups excluding carboxylic acids is 2. The van der Waals surface area contributed by atoms with E-state index in [4.69, 9.17) is 25.0 Å². The summed E-state index contributed by atoms with van der Waals surface area (Å²) in [5, 5.41) is 10.6. The van der Waals surface area contributed by atoms with Crippen LogP contribution in [0.25, 0.3) is 11.1 Å². The van der Waals surface area contributed by atoms with Crippen molar-refractivity contribution in [1.82, 2.24) is 9.97 Å². The number of amidine groups is 1. The van der Waals surface area contributed by atoms with Crippen molar-refractivity contribution in [3.8, 4) is 5.88 Å². The molecule has 4 N–H and O–H groups in total. The molecule has 0 aliphatic heterocycles. The molecule has 3 heterocycles. The highest BCUT2D eigenvalue weighted by atomic mass is 16.6. The predicted octanol–water partition coefficient (Wildman–Crippen LogP) is 1.70. The molecule has 0 saturated carbocycles. The lowest BCUT2D eigenvalue weighted by atomic mass is 10.2.